The predicted octanol–water partition coefficient (Wildman–Crippen LogP) is -8.49. The largest absolute Gasteiger partial charge is 1.00 e. The van der Waals surface area contributed by atoms with Crippen molar-refractivity contribution < 1.29 is 95.1 Å². The van der Waals surface area contributed by atoms with Gasteiger partial charge in [0.2, 0.25) is 0 Å². The van der Waals surface area contributed by atoms with Gasteiger partial charge in [-0.1, -0.05) is 30.8 Å². The van der Waals surface area contributed by atoms with Crippen molar-refractivity contribution >= 4 is 41.1 Å². The van der Waals surface area contributed by atoms with Gasteiger partial charge in [-0.3, -0.25) is 0 Å². The summed E-state index contributed by atoms with van der Waals surface area (Å²) in [4.78, 5) is -4.38. The van der Waals surface area contributed by atoms with E-state index in [4.69, 9.17) is 0 Å². The van der Waals surface area contributed by atoms with Crippen molar-refractivity contribution in [1.29, 1.82) is 0 Å². The average Bonchev–Trinajstić information content (AvgIpc) is 2.43. The van der Waals surface area contributed by atoms with Crippen molar-refractivity contribution in [1.82, 2.24) is 0 Å². The van der Waals surface area contributed by atoms with Crippen LogP contribution < -0.4 is 56.6 Å². The molecule has 0 aliphatic carbocycles. The third-order valence-electron chi connectivity index (χ3n) is 2.89. The van der Waals surface area contributed by atoms with E-state index in [1.54, 1.807) is 0 Å². The Hall–Kier alpha value is -0.198. The number of hydrogen-bond acceptors (Lipinski definition) is 9. The number of hydrogen-bond donors (Lipinski definition) is 0. The second kappa shape index (κ2) is 10.0. The Morgan fingerprint density at radius 3 is 1.81 bits per heavy atom. The molecule has 0 fully saturated rings. The Kier molecular flexibility index (Phi) is 10.8. The van der Waals surface area contributed by atoms with Crippen LogP contribution >= 0.6 is 0 Å². The van der Waals surface area contributed by atoms with Crippen LogP contribution in [0.15, 0.2) is 57.9 Å². The van der Waals surface area contributed by atoms with Crippen molar-refractivity contribution in [3.63, 3.8) is 0 Å². The summed E-state index contributed by atoms with van der Waals surface area (Å²) in [6.45, 7) is 3.01. The number of benzene rings is 2. The summed E-state index contributed by atoms with van der Waals surface area (Å²) in [5, 5.41) is -0.397. The van der Waals surface area contributed by atoms with E-state index in [0.29, 0.717) is 12.3 Å². The SMILES string of the molecule is C=COS(=O)(=O)c1c(S(=O)(=O)[O-])c(S(=O)(=O)[O-])cc2ccccc12.[Li+].[Li+].[Li+]. The van der Waals surface area contributed by atoms with Crippen LogP contribution in [0.3, 0.4) is 0 Å². The van der Waals surface area contributed by atoms with Crippen LogP contribution in [0.1, 0.15) is 0 Å². The van der Waals surface area contributed by atoms with Gasteiger partial charge in [0.05, 0.1) is 16.1 Å². The molecule has 27 heavy (non-hydrogen) atoms. The molecule has 0 bridgehead atoms. The Balaban J connectivity index is 0. The normalized spacial score (nSPS) is 11.5. The van der Waals surface area contributed by atoms with Crippen LogP contribution in [0.25, 0.3) is 10.8 Å². The maximum absolute atomic E-state index is 12.2. The maximum Gasteiger partial charge on any atom is 1.00 e. The van der Waals surface area contributed by atoms with E-state index >= 15 is 0 Å². The first-order valence-corrected chi connectivity index (χ1v) is 10.1. The van der Waals surface area contributed by atoms with Gasteiger partial charge in [-0.25, -0.2) is 16.8 Å². The third-order valence-corrected chi connectivity index (χ3v) is 6.24. The van der Waals surface area contributed by atoms with Gasteiger partial charge >= 0.3 is 66.7 Å². The second-order valence-electron chi connectivity index (χ2n) is 4.38. The monoisotopic (exact) mass is 413 g/mol. The molecule has 0 spiro atoms. The zero-order chi connectivity index (χ0) is 18.3. The van der Waals surface area contributed by atoms with Crippen LogP contribution in [0, 0.1) is 0 Å². The molecule has 0 aliphatic heterocycles. The van der Waals surface area contributed by atoms with E-state index in [1.165, 1.54) is 18.2 Å². The van der Waals surface area contributed by atoms with Crippen LogP contribution in [0.5, 0.6) is 0 Å². The predicted molar refractivity (Wildman–Crippen MR) is 78.3 cm³/mol. The molecule has 9 nitrogen and oxygen atoms in total. The first-order valence-electron chi connectivity index (χ1n) is 5.91. The first kappa shape index (κ1) is 29.0. The Morgan fingerprint density at radius 2 is 1.37 bits per heavy atom. The van der Waals surface area contributed by atoms with E-state index in [2.05, 4.69) is 10.8 Å². The topological polar surface area (TPSA) is 158 Å². The minimum Gasteiger partial charge on any atom is -0.744 e. The minimum atomic E-state index is -5.66. The summed E-state index contributed by atoms with van der Waals surface area (Å²) < 4.78 is 97.3. The molecule has 0 heterocycles. The molecular weight excluding hydrogens is 405 g/mol. The molecule has 15 heteroatoms. The fraction of sp³-hybridized carbons (Fsp3) is 0. The Labute approximate surface area is 192 Å². The third kappa shape index (κ3) is 6.14. The van der Waals surface area contributed by atoms with E-state index in [-0.39, 0.29) is 67.4 Å². The van der Waals surface area contributed by atoms with Crippen molar-refractivity contribution in [2.75, 3.05) is 0 Å². The van der Waals surface area contributed by atoms with Crippen LogP contribution in [0.4, 0.5) is 0 Å². The van der Waals surface area contributed by atoms with E-state index in [0.717, 1.165) is 6.07 Å². The van der Waals surface area contributed by atoms with E-state index in [1.807, 2.05) is 0 Å². The molecule has 0 saturated heterocycles. The zero-order valence-corrected chi connectivity index (χ0v) is 17.0. The molecule has 0 radical (unpaired) electrons. The molecular formula is C12H8Li3O9S3+. The second-order valence-corrected chi connectivity index (χ2v) is 8.55. The van der Waals surface area contributed by atoms with Crippen molar-refractivity contribution in [3.8, 4) is 0 Å². The molecule has 2 aromatic rings. The smallest absolute Gasteiger partial charge is 0.744 e. The van der Waals surface area contributed by atoms with Gasteiger partial charge in [0.15, 0.2) is 0 Å². The molecule has 0 unspecified atom stereocenters. The molecule has 0 aliphatic rings. The summed E-state index contributed by atoms with van der Waals surface area (Å²) in [5.74, 6) is 0. The fourth-order valence-electron chi connectivity index (χ4n) is 2.08. The summed E-state index contributed by atoms with van der Waals surface area (Å²) >= 11 is 0. The van der Waals surface area contributed by atoms with Gasteiger partial charge in [0, 0.05) is 5.39 Å². The zero-order valence-electron chi connectivity index (χ0n) is 14.6. The van der Waals surface area contributed by atoms with Gasteiger partial charge in [-0.05, 0) is 11.5 Å². The molecule has 0 saturated carbocycles. The van der Waals surface area contributed by atoms with Crippen molar-refractivity contribution in [2.24, 2.45) is 0 Å². The summed E-state index contributed by atoms with van der Waals surface area (Å²) in [6, 6.07) is 5.69. The van der Waals surface area contributed by atoms with Gasteiger partial charge in [0.25, 0.3) is 0 Å². The Morgan fingerprint density at radius 1 is 0.852 bits per heavy atom. The molecule has 2 rings (SSSR count). The minimum absolute atomic E-state index is 0. The summed E-state index contributed by atoms with van der Waals surface area (Å²) in [5.41, 5.74) is 0. The van der Waals surface area contributed by atoms with Gasteiger partial charge < -0.3 is 13.3 Å². The van der Waals surface area contributed by atoms with Crippen LogP contribution in [0.2, 0.25) is 0 Å². The fourth-order valence-corrected chi connectivity index (χ4v) is 5.68. The van der Waals surface area contributed by atoms with Crippen molar-refractivity contribution in [2.45, 2.75) is 14.7 Å². The van der Waals surface area contributed by atoms with Gasteiger partial charge in [-0.15, -0.1) is 0 Å². The van der Waals surface area contributed by atoms with Crippen LogP contribution in [-0.4, -0.2) is 34.4 Å². The molecule has 130 valence electrons. The standard InChI is InChI=1S/C12H10O9S3.3Li/c1-2-21-24(19,20)11-9-6-4-3-5-8(9)7-10(22(13,14)15)12(11)23(16,17)18;;;/h2-7H,1H2,(H,13,14,15)(H,16,17,18);;;/q;3*+1/p-2. The molecule has 0 aromatic heterocycles. The molecule has 2 aromatic carbocycles. The molecule has 0 amide bonds. The average molecular weight is 413 g/mol. The molecule has 0 atom stereocenters. The van der Waals surface area contributed by atoms with E-state index < -0.39 is 45.0 Å². The quantitative estimate of drug-likeness (QED) is 0.201. The van der Waals surface area contributed by atoms with Gasteiger partial charge in [0.1, 0.15) is 25.1 Å². The van der Waals surface area contributed by atoms with E-state index in [9.17, 15) is 34.4 Å². The number of fused-ring (bicyclic) bond motifs is 1. The van der Waals surface area contributed by atoms with Crippen molar-refractivity contribution in [3.05, 3.63) is 43.2 Å². The summed E-state index contributed by atoms with van der Waals surface area (Å²) in [6.07, 6.45) is 0.448. The number of rotatable bonds is 5. The van der Waals surface area contributed by atoms with Crippen LogP contribution in [-0.2, 0) is 34.5 Å². The summed E-state index contributed by atoms with van der Waals surface area (Å²) in [7, 11) is -16.1. The Bertz CT molecular complexity index is 1160. The van der Waals surface area contributed by atoms with Gasteiger partial charge in [-0.2, -0.15) is 8.42 Å². The molecule has 0 N–H and O–H groups in total. The maximum atomic E-state index is 12.2. The first-order chi connectivity index (χ1) is 10.9.